The molecule has 26 heavy (non-hydrogen) atoms. The van der Waals surface area contributed by atoms with Crippen LogP contribution in [0.5, 0.6) is 11.5 Å². The second kappa shape index (κ2) is 8.24. The molecule has 0 bridgehead atoms. The molecule has 2 rings (SSSR count). The molecule has 9 heteroatoms. The molecule has 2 aromatic carbocycles. The van der Waals surface area contributed by atoms with E-state index < -0.39 is 35.0 Å². The molecule has 0 radical (unpaired) electrons. The number of carbonyl (C=O) groups is 2. The van der Waals surface area contributed by atoms with Gasteiger partial charge in [0.15, 0.2) is 29.0 Å². The van der Waals surface area contributed by atoms with Gasteiger partial charge in [-0.15, -0.1) is 0 Å². The van der Waals surface area contributed by atoms with E-state index in [1.165, 1.54) is 14.2 Å². The topological polar surface area (TPSA) is 76.7 Å². The lowest BCUT2D eigenvalue weighted by Crippen LogP contribution is -2.35. The molecule has 2 N–H and O–H groups in total. The van der Waals surface area contributed by atoms with E-state index in [2.05, 4.69) is 5.32 Å². The Labute approximate surface area is 146 Å². The fourth-order valence-corrected chi connectivity index (χ4v) is 2.05. The highest BCUT2D eigenvalue weighted by Crippen LogP contribution is 2.27. The number of benzene rings is 2. The van der Waals surface area contributed by atoms with Crippen molar-refractivity contribution >= 4 is 17.5 Å². The minimum atomic E-state index is -1.74. The monoisotopic (exact) mass is 368 g/mol. The van der Waals surface area contributed by atoms with Crippen LogP contribution in [-0.4, -0.2) is 26.0 Å². The number of hydrogen-bond donors (Lipinski definition) is 2. The summed E-state index contributed by atoms with van der Waals surface area (Å²) < 4.78 is 49.7. The van der Waals surface area contributed by atoms with Crippen LogP contribution in [-0.2, 0) is 16.1 Å². The molecule has 0 aliphatic heterocycles. The van der Waals surface area contributed by atoms with Crippen LogP contribution in [0, 0.1) is 17.5 Å². The third-order valence-corrected chi connectivity index (χ3v) is 3.39. The van der Waals surface area contributed by atoms with E-state index in [-0.39, 0.29) is 6.54 Å². The maximum Gasteiger partial charge on any atom is 0.313 e. The number of nitrogens with one attached hydrogen (secondary N) is 2. The Balaban J connectivity index is 2.00. The summed E-state index contributed by atoms with van der Waals surface area (Å²) in [4.78, 5) is 23.5. The highest BCUT2D eigenvalue weighted by Gasteiger charge is 2.19. The molecule has 0 atom stereocenters. The van der Waals surface area contributed by atoms with Crippen molar-refractivity contribution in [1.29, 1.82) is 0 Å². The molecule has 0 aliphatic carbocycles. The van der Waals surface area contributed by atoms with Crippen molar-refractivity contribution in [2.24, 2.45) is 0 Å². The van der Waals surface area contributed by atoms with E-state index in [4.69, 9.17) is 9.47 Å². The summed E-state index contributed by atoms with van der Waals surface area (Å²) in [6.45, 7) is -0.0210. The molecule has 2 aromatic rings. The van der Waals surface area contributed by atoms with Crippen LogP contribution in [0.1, 0.15) is 5.56 Å². The molecule has 138 valence electrons. The quantitative estimate of drug-likeness (QED) is 0.628. The van der Waals surface area contributed by atoms with Crippen molar-refractivity contribution in [3.8, 4) is 11.5 Å². The van der Waals surface area contributed by atoms with Crippen LogP contribution in [0.25, 0.3) is 0 Å². The SMILES string of the molecule is COc1ccc(CNC(=O)C(=O)Nc2ccc(F)c(F)c2F)cc1OC. The first-order valence-corrected chi connectivity index (χ1v) is 7.31. The first kappa shape index (κ1) is 19.1. The zero-order valence-electron chi connectivity index (χ0n) is 13.9. The van der Waals surface area contributed by atoms with Gasteiger partial charge in [-0.3, -0.25) is 9.59 Å². The largest absolute Gasteiger partial charge is 0.493 e. The summed E-state index contributed by atoms with van der Waals surface area (Å²) in [7, 11) is 2.92. The Hall–Kier alpha value is -3.23. The van der Waals surface area contributed by atoms with Crippen LogP contribution in [0.3, 0.4) is 0 Å². The maximum atomic E-state index is 13.5. The van der Waals surface area contributed by atoms with Gasteiger partial charge in [0, 0.05) is 6.54 Å². The van der Waals surface area contributed by atoms with Gasteiger partial charge in [-0.25, -0.2) is 13.2 Å². The van der Waals surface area contributed by atoms with Gasteiger partial charge in [-0.1, -0.05) is 6.07 Å². The summed E-state index contributed by atoms with van der Waals surface area (Å²) >= 11 is 0. The number of methoxy groups -OCH3 is 2. The second-order valence-corrected chi connectivity index (χ2v) is 5.05. The minimum Gasteiger partial charge on any atom is -0.493 e. The van der Waals surface area contributed by atoms with Gasteiger partial charge in [-0.05, 0) is 29.8 Å². The zero-order chi connectivity index (χ0) is 19.3. The van der Waals surface area contributed by atoms with Gasteiger partial charge in [0.05, 0.1) is 19.9 Å². The molecule has 0 fully saturated rings. The predicted octanol–water partition coefficient (Wildman–Crippen LogP) is 2.38. The fourth-order valence-electron chi connectivity index (χ4n) is 2.05. The zero-order valence-corrected chi connectivity index (χ0v) is 13.9. The first-order chi connectivity index (χ1) is 12.4. The van der Waals surface area contributed by atoms with E-state index in [1.54, 1.807) is 18.2 Å². The smallest absolute Gasteiger partial charge is 0.313 e. The van der Waals surface area contributed by atoms with Crippen LogP contribution >= 0.6 is 0 Å². The van der Waals surface area contributed by atoms with Crippen LogP contribution < -0.4 is 20.1 Å². The average molecular weight is 368 g/mol. The minimum absolute atomic E-state index is 0.0210. The molecule has 0 unspecified atom stereocenters. The third-order valence-electron chi connectivity index (χ3n) is 3.39. The molecule has 0 aliphatic rings. The van der Waals surface area contributed by atoms with Gasteiger partial charge in [0.2, 0.25) is 0 Å². The van der Waals surface area contributed by atoms with Gasteiger partial charge >= 0.3 is 11.8 Å². The van der Waals surface area contributed by atoms with Crippen LogP contribution in [0.15, 0.2) is 30.3 Å². The maximum absolute atomic E-state index is 13.5. The Bertz CT molecular complexity index is 843. The Morgan fingerprint density at radius 2 is 1.62 bits per heavy atom. The lowest BCUT2D eigenvalue weighted by molar-refractivity contribution is -0.136. The standard InChI is InChI=1S/C17H15F3N2O4/c1-25-12-6-3-9(7-13(12)26-2)8-21-16(23)17(24)22-11-5-4-10(18)14(19)15(11)20/h3-7H,8H2,1-2H3,(H,21,23)(H,22,24). The molecule has 0 saturated heterocycles. The van der Waals surface area contributed by atoms with Crippen molar-refractivity contribution in [3.63, 3.8) is 0 Å². The second-order valence-electron chi connectivity index (χ2n) is 5.05. The highest BCUT2D eigenvalue weighted by atomic mass is 19.2. The van der Waals surface area contributed by atoms with Crippen LogP contribution in [0.4, 0.5) is 18.9 Å². The number of halogens is 3. The summed E-state index contributed by atoms with van der Waals surface area (Å²) in [5.74, 6) is -6.11. The summed E-state index contributed by atoms with van der Waals surface area (Å²) in [5.41, 5.74) is -0.0297. The molecule has 0 aromatic heterocycles. The van der Waals surface area contributed by atoms with Gasteiger partial charge in [0.1, 0.15) is 0 Å². The van der Waals surface area contributed by atoms with Crippen molar-refractivity contribution < 1.29 is 32.2 Å². The Morgan fingerprint density at radius 3 is 2.27 bits per heavy atom. The van der Waals surface area contributed by atoms with Gasteiger partial charge in [0.25, 0.3) is 0 Å². The number of ether oxygens (including phenoxy) is 2. The van der Waals surface area contributed by atoms with Crippen molar-refractivity contribution in [1.82, 2.24) is 5.32 Å². The van der Waals surface area contributed by atoms with Gasteiger partial charge < -0.3 is 20.1 Å². The van der Waals surface area contributed by atoms with E-state index in [0.717, 1.165) is 6.07 Å². The van der Waals surface area contributed by atoms with Crippen molar-refractivity contribution in [3.05, 3.63) is 53.3 Å². The Morgan fingerprint density at radius 1 is 0.923 bits per heavy atom. The number of hydrogen-bond acceptors (Lipinski definition) is 4. The van der Waals surface area contributed by atoms with Crippen molar-refractivity contribution in [2.45, 2.75) is 6.54 Å². The van der Waals surface area contributed by atoms with E-state index in [1.807, 2.05) is 5.32 Å². The van der Waals surface area contributed by atoms with Gasteiger partial charge in [-0.2, -0.15) is 0 Å². The molecule has 0 spiro atoms. The molecular formula is C17H15F3N2O4. The summed E-state index contributed by atoms with van der Waals surface area (Å²) in [6.07, 6.45) is 0. The number of anilines is 1. The highest BCUT2D eigenvalue weighted by molar-refractivity contribution is 6.39. The number of carbonyl (C=O) groups excluding carboxylic acids is 2. The fraction of sp³-hybridized carbons (Fsp3) is 0.176. The number of rotatable bonds is 5. The van der Waals surface area contributed by atoms with Crippen LogP contribution in [0.2, 0.25) is 0 Å². The molecule has 6 nitrogen and oxygen atoms in total. The van der Waals surface area contributed by atoms with E-state index in [9.17, 15) is 22.8 Å². The normalized spacial score (nSPS) is 10.2. The Kier molecular flexibility index (Phi) is 6.05. The molecule has 0 saturated carbocycles. The predicted molar refractivity (Wildman–Crippen MR) is 86.3 cm³/mol. The van der Waals surface area contributed by atoms with E-state index in [0.29, 0.717) is 23.1 Å². The third kappa shape index (κ3) is 4.24. The molecular weight excluding hydrogens is 353 g/mol. The molecule has 0 heterocycles. The van der Waals surface area contributed by atoms with Crippen molar-refractivity contribution in [2.75, 3.05) is 19.5 Å². The lowest BCUT2D eigenvalue weighted by atomic mass is 10.2. The summed E-state index contributed by atoms with van der Waals surface area (Å²) in [6, 6.07) is 6.32. The summed E-state index contributed by atoms with van der Waals surface area (Å²) in [5, 5.41) is 4.19. The lowest BCUT2D eigenvalue weighted by Gasteiger charge is -2.11. The first-order valence-electron chi connectivity index (χ1n) is 7.31. The number of amides is 2. The molecule has 2 amide bonds. The average Bonchev–Trinajstić information content (AvgIpc) is 2.66. The van der Waals surface area contributed by atoms with E-state index >= 15 is 0 Å².